The van der Waals surface area contributed by atoms with E-state index in [9.17, 15) is 15.0 Å². The Morgan fingerprint density at radius 2 is 1.90 bits per heavy atom. The summed E-state index contributed by atoms with van der Waals surface area (Å²) in [4.78, 5) is 11.2. The highest BCUT2D eigenvalue weighted by Crippen LogP contribution is 2.25. The molecule has 1 fully saturated rings. The van der Waals surface area contributed by atoms with Crippen LogP contribution < -0.4 is 0 Å². The van der Waals surface area contributed by atoms with Crippen LogP contribution >= 0.6 is 0 Å². The largest absolute Gasteiger partial charge is 0.457 e. The van der Waals surface area contributed by atoms with Gasteiger partial charge >= 0.3 is 5.97 Å². The SMILES string of the molecule is CC(=O)O[C@@H]1C(OCc2ccccc2)C(O)[C@H](O)O[C@@H]1C. The average molecular weight is 296 g/mol. The van der Waals surface area contributed by atoms with Crippen molar-refractivity contribution >= 4 is 5.97 Å². The Labute approximate surface area is 123 Å². The second kappa shape index (κ2) is 7.00. The number of hydrogen-bond donors (Lipinski definition) is 2. The molecule has 116 valence electrons. The number of benzene rings is 1. The number of rotatable bonds is 4. The van der Waals surface area contributed by atoms with Gasteiger partial charge in [0.1, 0.15) is 12.2 Å². The highest BCUT2D eigenvalue weighted by molar-refractivity contribution is 5.66. The van der Waals surface area contributed by atoms with Crippen LogP contribution in [0.15, 0.2) is 30.3 Å². The Bertz CT molecular complexity index is 462. The molecule has 0 radical (unpaired) electrons. The van der Waals surface area contributed by atoms with Gasteiger partial charge in [0.05, 0.1) is 12.7 Å². The van der Waals surface area contributed by atoms with E-state index in [2.05, 4.69) is 0 Å². The fourth-order valence-electron chi connectivity index (χ4n) is 2.32. The van der Waals surface area contributed by atoms with E-state index in [1.54, 1.807) is 6.92 Å². The summed E-state index contributed by atoms with van der Waals surface area (Å²) in [7, 11) is 0. The van der Waals surface area contributed by atoms with Crippen molar-refractivity contribution in [2.75, 3.05) is 0 Å². The van der Waals surface area contributed by atoms with Gasteiger partial charge < -0.3 is 24.4 Å². The zero-order valence-electron chi connectivity index (χ0n) is 12.0. The van der Waals surface area contributed by atoms with Gasteiger partial charge in [-0.1, -0.05) is 30.3 Å². The maximum Gasteiger partial charge on any atom is 0.303 e. The normalized spacial score (nSPS) is 32.7. The molecular formula is C15H20O6. The first-order chi connectivity index (χ1) is 9.99. The van der Waals surface area contributed by atoms with Gasteiger partial charge in [-0.3, -0.25) is 4.79 Å². The van der Waals surface area contributed by atoms with Crippen molar-refractivity contribution in [2.45, 2.75) is 51.2 Å². The topological polar surface area (TPSA) is 85.2 Å². The molecule has 0 aliphatic carbocycles. The van der Waals surface area contributed by atoms with Gasteiger partial charge in [-0.25, -0.2) is 0 Å². The third-order valence-corrected chi connectivity index (χ3v) is 3.36. The molecule has 0 amide bonds. The zero-order chi connectivity index (χ0) is 15.4. The standard InChI is InChI=1S/C15H20O6/c1-9-13(21-10(2)16)14(12(17)15(18)20-9)19-8-11-6-4-3-5-7-11/h3-7,9,12-15,17-18H,8H2,1-2H3/t9-,12?,13+,14?,15-/m1/s1. The lowest BCUT2D eigenvalue weighted by Crippen LogP contribution is -2.58. The molecule has 5 atom stereocenters. The summed E-state index contributed by atoms with van der Waals surface area (Å²) in [5.74, 6) is -0.493. The van der Waals surface area contributed by atoms with Crippen LogP contribution in [0, 0.1) is 0 Å². The van der Waals surface area contributed by atoms with Crippen molar-refractivity contribution in [2.24, 2.45) is 0 Å². The van der Waals surface area contributed by atoms with E-state index in [-0.39, 0.29) is 6.61 Å². The van der Waals surface area contributed by atoms with Gasteiger partial charge in [-0.15, -0.1) is 0 Å². The van der Waals surface area contributed by atoms with Crippen LogP contribution in [0.25, 0.3) is 0 Å². The second-order valence-electron chi connectivity index (χ2n) is 5.06. The lowest BCUT2D eigenvalue weighted by Gasteiger charge is -2.41. The first-order valence-corrected chi connectivity index (χ1v) is 6.83. The van der Waals surface area contributed by atoms with E-state index in [0.29, 0.717) is 0 Å². The van der Waals surface area contributed by atoms with E-state index in [4.69, 9.17) is 14.2 Å². The molecule has 0 bridgehead atoms. The smallest absolute Gasteiger partial charge is 0.303 e. The summed E-state index contributed by atoms with van der Waals surface area (Å²) in [5.41, 5.74) is 0.917. The Morgan fingerprint density at radius 1 is 1.24 bits per heavy atom. The Hall–Kier alpha value is -1.47. The van der Waals surface area contributed by atoms with Crippen LogP contribution in [-0.2, 0) is 25.6 Å². The Balaban J connectivity index is 2.08. The fourth-order valence-corrected chi connectivity index (χ4v) is 2.32. The first-order valence-electron chi connectivity index (χ1n) is 6.83. The van der Waals surface area contributed by atoms with Crippen LogP contribution in [0.1, 0.15) is 19.4 Å². The molecule has 0 spiro atoms. The van der Waals surface area contributed by atoms with Gasteiger partial charge in [0, 0.05) is 6.92 Å². The monoisotopic (exact) mass is 296 g/mol. The minimum Gasteiger partial charge on any atom is -0.457 e. The molecule has 1 aromatic carbocycles. The molecule has 0 saturated carbocycles. The van der Waals surface area contributed by atoms with Crippen LogP contribution in [0.4, 0.5) is 0 Å². The molecule has 2 N–H and O–H groups in total. The summed E-state index contributed by atoms with van der Waals surface area (Å²) >= 11 is 0. The lowest BCUT2D eigenvalue weighted by atomic mass is 9.99. The van der Waals surface area contributed by atoms with Crippen LogP contribution in [0.5, 0.6) is 0 Å². The number of carbonyl (C=O) groups excluding carboxylic acids is 1. The van der Waals surface area contributed by atoms with Crippen molar-refractivity contribution in [1.29, 1.82) is 0 Å². The molecule has 1 aromatic rings. The minimum absolute atomic E-state index is 0.236. The number of ether oxygens (including phenoxy) is 3. The fraction of sp³-hybridized carbons (Fsp3) is 0.533. The van der Waals surface area contributed by atoms with Gasteiger partial charge in [0.2, 0.25) is 0 Å². The van der Waals surface area contributed by atoms with Crippen LogP contribution in [-0.4, -0.2) is 46.9 Å². The Kier molecular flexibility index (Phi) is 5.30. The number of aliphatic hydroxyl groups is 2. The van der Waals surface area contributed by atoms with Crippen LogP contribution in [0.2, 0.25) is 0 Å². The molecule has 1 saturated heterocycles. The molecule has 1 aliphatic heterocycles. The van der Waals surface area contributed by atoms with Gasteiger partial charge in [0.25, 0.3) is 0 Å². The van der Waals surface area contributed by atoms with Crippen LogP contribution in [0.3, 0.4) is 0 Å². The van der Waals surface area contributed by atoms with E-state index >= 15 is 0 Å². The highest BCUT2D eigenvalue weighted by atomic mass is 16.7. The second-order valence-corrected chi connectivity index (χ2v) is 5.06. The molecule has 1 heterocycles. The highest BCUT2D eigenvalue weighted by Gasteiger charge is 2.45. The predicted octanol–water partition coefficient (Wildman–Crippen LogP) is 0.601. The summed E-state index contributed by atoms with van der Waals surface area (Å²) in [6.07, 6.45) is -4.85. The number of carbonyl (C=O) groups is 1. The predicted molar refractivity (Wildman–Crippen MR) is 73.1 cm³/mol. The maximum atomic E-state index is 11.2. The van der Waals surface area contributed by atoms with Crippen molar-refractivity contribution in [1.82, 2.24) is 0 Å². The molecule has 6 nitrogen and oxygen atoms in total. The Morgan fingerprint density at radius 3 is 2.52 bits per heavy atom. The van der Waals surface area contributed by atoms with E-state index in [1.165, 1.54) is 6.92 Å². The average Bonchev–Trinajstić information content (AvgIpc) is 2.45. The number of hydrogen-bond acceptors (Lipinski definition) is 6. The van der Waals surface area contributed by atoms with E-state index in [1.807, 2.05) is 30.3 Å². The molecule has 1 aliphatic rings. The van der Waals surface area contributed by atoms with E-state index in [0.717, 1.165) is 5.56 Å². The van der Waals surface area contributed by atoms with Crippen molar-refractivity contribution in [3.63, 3.8) is 0 Å². The van der Waals surface area contributed by atoms with Crippen molar-refractivity contribution in [3.8, 4) is 0 Å². The van der Waals surface area contributed by atoms with Gasteiger partial charge in [-0.05, 0) is 12.5 Å². The molecular weight excluding hydrogens is 276 g/mol. The molecule has 21 heavy (non-hydrogen) atoms. The molecule has 2 unspecified atom stereocenters. The quantitative estimate of drug-likeness (QED) is 0.792. The molecule has 0 aromatic heterocycles. The van der Waals surface area contributed by atoms with Crippen molar-refractivity contribution in [3.05, 3.63) is 35.9 Å². The van der Waals surface area contributed by atoms with Gasteiger partial charge in [0.15, 0.2) is 12.4 Å². The third-order valence-electron chi connectivity index (χ3n) is 3.36. The zero-order valence-corrected chi connectivity index (χ0v) is 12.0. The van der Waals surface area contributed by atoms with E-state index < -0.39 is 36.7 Å². The molecule has 2 rings (SSSR count). The molecule has 6 heteroatoms. The number of esters is 1. The summed E-state index contributed by atoms with van der Waals surface area (Å²) in [5, 5.41) is 19.7. The summed E-state index contributed by atoms with van der Waals surface area (Å²) in [6.45, 7) is 3.17. The maximum absolute atomic E-state index is 11.2. The first kappa shape index (κ1) is 15.9. The summed E-state index contributed by atoms with van der Waals surface area (Å²) < 4.78 is 16.0. The van der Waals surface area contributed by atoms with Crippen molar-refractivity contribution < 1.29 is 29.2 Å². The summed E-state index contributed by atoms with van der Waals surface area (Å²) in [6, 6.07) is 9.40. The third kappa shape index (κ3) is 4.01. The van der Waals surface area contributed by atoms with Gasteiger partial charge in [-0.2, -0.15) is 0 Å². The lowest BCUT2D eigenvalue weighted by molar-refractivity contribution is -0.290. The number of aliphatic hydroxyl groups excluding tert-OH is 2. The minimum atomic E-state index is -1.37.